The average Bonchev–Trinajstić information content (AvgIpc) is 2.40. The van der Waals surface area contributed by atoms with Gasteiger partial charge in [0.15, 0.2) is 0 Å². The van der Waals surface area contributed by atoms with Gasteiger partial charge in [0.2, 0.25) is 0 Å². The molecule has 0 saturated heterocycles. The molecule has 1 N–H and O–H groups in total. The third-order valence-corrected chi connectivity index (χ3v) is 3.76. The molecule has 1 amide bonds. The summed E-state index contributed by atoms with van der Waals surface area (Å²) in [5, 5.41) is 2.87. The van der Waals surface area contributed by atoms with Crippen LogP contribution < -0.4 is 10.1 Å². The van der Waals surface area contributed by atoms with E-state index in [-0.39, 0.29) is 5.91 Å². The van der Waals surface area contributed by atoms with Gasteiger partial charge >= 0.3 is 0 Å². The van der Waals surface area contributed by atoms with Crippen LogP contribution in [0.15, 0.2) is 45.3 Å². The highest BCUT2D eigenvalue weighted by Crippen LogP contribution is 2.25. The standard InChI is InChI=1S/C15H13Br2NO2/c1-9-3-4-10(16)7-14(9)15(19)18-12-5-11(17)6-13(8-12)20-2/h3-8H,1-2H3,(H,18,19). The smallest absolute Gasteiger partial charge is 0.255 e. The lowest BCUT2D eigenvalue weighted by atomic mass is 10.1. The molecule has 0 aliphatic rings. The van der Waals surface area contributed by atoms with Crippen LogP contribution in [-0.2, 0) is 0 Å². The summed E-state index contributed by atoms with van der Waals surface area (Å²) in [7, 11) is 1.59. The summed E-state index contributed by atoms with van der Waals surface area (Å²) in [6, 6.07) is 11.1. The number of nitrogens with one attached hydrogen (secondary N) is 1. The van der Waals surface area contributed by atoms with Crippen LogP contribution >= 0.6 is 31.9 Å². The molecule has 0 aliphatic heterocycles. The number of carbonyl (C=O) groups excluding carboxylic acids is 1. The maximum atomic E-state index is 12.3. The molecular formula is C15H13Br2NO2. The molecule has 0 saturated carbocycles. The number of halogens is 2. The predicted molar refractivity (Wildman–Crippen MR) is 87.5 cm³/mol. The lowest BCUT2D eigenvalue weighted by molar-refractivity contribution is 0.102. The van der Waals surface area contributed by atoms with Gasteiger partial charge in [-0.1, -0.05) is 37.9 Å². The zero-order chi connectivity index (χ0) is 14.7. The first kappa shape index (κ1) is 15.1. The molecule has 0 unspecified atom stereocenters. The lowest BCUT2D eigenvalue weighted by Crippen LogP contribution is -2.13. The van der Waals surface area contributed by atoms with Crippen molar-refractivity contribution in [3.05, 3.63) is 56.5 Å². The van der Waals surface area contributed by atoms with Gasteiger partial charge in [-0.2, -0.15) is 0 Å². The highest BCUT2D eigenvalue weighted by molar-refractivity contribution is 9.10. The Balaban J connectivity index is 2.27. The first-order chi connectivity index (χ1) is 9.49. The highest BCUT2D eigenvalue weighted by atomic mass is 79.9. The number of methoxy groups -OCH3 is 1. The fraction of sp³-hybridized carbons (Fsp3) is 0.133. The van der Waals surface area contributed by atoms with Gasteiger partial charge < -0.3 is 10.1 Å². The number of aryl methyl sites for hydroxylation is 1. The molecule has 0 aliphatic carbocycles. The van der Waals surface area contributed by atoms with E-state index in [4.69, 9.17) is 4.74 Å². The second-order valence-corrected chi connectivity index (χ2v) is 6.12. The van der Waals surface area contributed by atoms with Crippen LogP contribution in [0.1, 0.15) is 15.9 Å². The zero-order valence-electron chi connectivity index (χ0n) is 11.0. The van der Waals surface area contributed by atoms with Crippen LogP contribution in [0.2, 0.25) is 0 Å². The maximum Gasteiger partial charge on any atom is 0.255 e. The Hall–Kier alpha value is -1.33. The van der Waals surface area contributed by atoms with E-state index in [1.54, 1.807) is 19.2 Å². The number of ether oxygens (including phenoxy) is 1. The Kier molecular flexibility index (Phi) is 4.83. The summed E-state index contributed by atoms with van der Waals surface area (Å²) in [4.78, 5) is 12.3. The van der Waals surface area contributed by atoms with E-state index < -0.39 is 0 Å². The van der Waals surface area contributed by atoms with Crippen molar-refractivity contribution in [1.29, 1.82) is 0 Å². The van der Waals surface area contributed by atoms with Crippen molar-refractivity contribution in [3.8, 4) is 5.75 Å². The summed E-state index contributed by atoms with van der Waals surface area (Å²) in [6.45, 7) is 1.91. The second kappa shape index (κ2) is 6.41. The summed E-state index contributed by atoms with van der Waals surface area (Å²) < 4.78 is 6.90. The Morgan fingerprint density at radius 2 is 1.85 bits per heavy atom. The van der Waals surface area contributed by atoms with Crippen molar-refractivity contribution in [3.63, 3.8) is 0 Å². The minimum Gasteiger partial charge on any atom is -0.497 e. The molecule has 0 fully saturated rings. The van der Waals surface area contributed by atoms with Crippen molar-refractivity contribution in [2.45, 2.75) is 6.92 Å². The largest absolute Gasteiger partial charge is 0.497 e. The Morgan fingerprint density at radius 3 is 2.55 bits per heavy atom. The Bertz CT molecular complexity index is 656. The fourth-order valence-electron chi connectivity index (χ4n) is 1.79. The van der Waals surface area contributed by atoms with Crippen LogP contribution in [-0.4, -0.2) is 13.0 Å². The molecule has 104 valence electrons. The van der Waals surface area contributed by atoms with E-state index in [0.717, 1.165) is 14.5 Å². The number of hydrogen-bond acceptors (Lipinski definition) is 2. The fourth-order valence-corrected chi connectivity index (χ4v) is 2.62. The van der Waals surface area contributed by atoms with Crippen LogP contribution in [0.4, 0.5) is 5.69 Å². The highest BCUT2D eigenvalue weighted by Gasteiger charge is 2.11. The van der Waals surface area contributed by atoms with E-state index in [0.29, 0.717) is 17.0 Å². The van der Waals surface area contributed by atoms with Gasteiger partial charge in [0.05, 0.1) is 7.11 Å². The minimum absolute atomic E-state index is 0.149. The van der Waals surface area contributed by atoms with E-state index in [2.05, 4.69) is 37.2 Å². The van der Waals surface area contributed by atoms with Crippen molar-refractivity contribution in [1.82, 2.24) is 0 Å². The van der Waals surface area contributed by atoms with Crippen molar-refractivity contribution >= 4 is 43.5 Å². The second-order valence-electron chi connectivity index (χ2n) is 4.29. The van der Waals surface area contributed by atoms with Crippen molar-refractivity contribution in [2.75, 3.05) is 12.4 Å². The van der Waals surface area contributed by atoms with E-state index in [1.807, 2.05) is 31.2 Å². The molecule has 5 heteroatoms. The molecule has 2 aromatic rings. The van der Waals surface area contributed by atoms with Crippen LogP contribution in [0.3, 0.4) is 0 Å². The zero-order valence-corrected chi connectivity index (χ0v) is 14.2. The van der Waals surface area contributed by atoms with Gasteiger partial charge in [-0.05, 0) is 36.8 Å². The Morgan fingerprint density at radius 1 is 1.10 bits per heavy atom. The molecule has 0 heterocycles. The van der Waals surface area contributed by atoms with E-state index in [1.165, 1.54) is 0 Å². The molecular weight excluding hydrogens is 386 g/mol. The molecule has 0 aromatic heterocycles. The molecule has 3 nitrogen and oxygen atoms in total. The number of benzene rings is 2. The minimum atomic E-state index is -0.149. The summed E-state index contributed by atoms with van der Waals surface area (Å²) >= 11 is 6.76. The van der Waals surface area contributed by atoms with Crippen molar-refractivity contribution in [2.24, 2.45) is 0 Å². The molecule has 0 radical (unpaired) electrons. The van der Waals surface area contributed by atoms with E-state index >= 15 is 0 Å². The van der Waals surface area contributed by atoms with Gasteiger partial charge in [0, 0.05) is 26.3 Å². The van der Waals surface area contributed by atoms with Gasteiger partial charge in [0.1, 0.15) is 5.75 Å². The molecule has 0 spiro atoms. The number of anilines is 1. The monoisotopic (exact) mass is 397 g/mol. The summed E-state index contributed by atoms with van der Waals surface area (Å²) in [5.74, 6) is 0.532. The van der Waals surface area contributed by atoms with Crippen LogP contribution in [0, 0.1) is 6.92 Å². The van der Waals surface area contributed by atoms with Crippen LogP contribution in [0.5, 0.6) is 5.75 Å². The van der Waals surface area contributed by atoms with Crippen molar-refractivity contribution < 1.29 is 9.53 Å². The molecule has 0 bridgehead atoms. The van der Waals surface area contributed by atoms with Crippen LogP contribution in [0.25, 0.3) is 0 Å². The number of amides is 1. The number of hydrogen-bond donors (Lipinski definition) is 1. The van der Waals surface area contributed by atoms with Gasteiger partial charge in [-0.25, -0.2) is 0 Å². The third-order valence-electron chi connectivity index (χ3n) is 2.81. The van der Waals surface area contributed by atoms with E-state index in [9.17, 15) is 4.79 Å². The summed E-state index contributed by atoms with van der Waals surface area (Å²) in [6.07, 6.45) is 0. The number of rotatable bonds is 3. The van der Waals surface area contributed by atoms with Gasteiger partial charge in [0.25, 0.3) is 5.91 Å². The summed E-state index contributed by atoms with van der Waals surface area (Å²) in [5.41, 5.74) is 2.24. The third kappa shape index (κ3) is 3.61. The maximum absolute atomic E-state index is 12.3. The topological polar surface area (TPSA) is 38.3 Å². The quantitative estimate of drug-likeness (QED) is 0.807. The average molecular weight is 399 g/mol. The molecule has 2 rings (SSSR count). The van der Waals surface area contributed by atoms with Gasteiger partial charge in [-0.15, -0.1) is 0 Å². The SMILES string of the molecule is COc1cc(Br)cc(NC(=O)c2cc(Br)ccc2C)c1. The first-order valence-corrected chi connectivity index (χ1v) is 7.50. The Labute approximate surface area is 134 Å². The predicted octanol–water partition coefficient (Wildman–Crippen LogP) is 4.78. The molecule has 2 aromatic carbocycles. The van der Waals surface area contributed by atoms with Gasteiger partial charge in [-0.3, -0.25) is 4.79 Å². The lowest BCUT2D eigenvalue weighted by Gasteiger charge is -2.10. The molecule has 0 atom stereocenters. The normalized spacial score (nSPS) is 10.2. The first-order valence-electron chi connectivity index (χ1n) is 5.91. The molecule has 20 heavy (non-hydrogen) atoms. The number of carbonyl (C=O) groups is 1.